The zero-order valence-electron chi connectivity index (χ0n) is 12.2. The van der Waals surface area contributed by atoms with Crippen LogP contribution in [0.3, 0.4) is 0 Å². The first-order valence-electron chi connectivity index (χ1n) is 6.95. The molecular formula is C12H22N4O3S. The van der Waals surface area contributed by atoms with Gasteiger partial charge in [-0.05, 0) is 6.92 Å². The van der Waals surface area contributed by atoms with E-state index in [9.17, 15) is 8.42 Å². The molecule has 1 aliphatic rings. The number of sulfonamides is 1. The molecule has 0 N–H and O–H groups in total. The minimum Gasteiger partial charge on any atom is -0.424 e. The third-order valence-electron chi connectivity index (χ3n) is 3.42. The van der Waals surface area contributed by atoms with Crippen molar-refractivity contribution in [1.82, 2.24) is 19.4 Å². The van der Waals surface area contributed by atoms with E-state index in [0.29, 0.717) is 44.5 Å². The summed E-state index contributed by atoms with van der Waals surface area (Å²) >= 11 is 0. The summed E-state index contributed by atoms with van der Waals surface area (Å²) in [5.74, 6) is 1.63. The molecule has 0 spiro atoms. The highest BCUT2D eigenvalue weighted by Crippen LogP contribution is 2.14. The van der Waals surface area contributed by atoms with E-state index in [1.807, 2.05) is 13.8 Å². The van der Waals surface area contributed by atoms with Gasteiger partial charge in [0, 0.05) is 32.1 Å². The van der Waals surface area contributed by atoms with Gasteiger partial charge in [0.1, 0.15) is 0 Å². The van der Waals surface area contributed by atoms with E-state index in [1.54, 1.807) is 11.2 Å². The molecule has 1 saturated heterocycles. The van der Waals surface area contributed by atoms with Crippen LogP contribution in [0.5, 0.6) is 0 Å². The third kappa shape index (κ3) is 3.56. The molecule has 1 fully saturated rings. The lowest BCUT2D eigenvalue weighted by atomic mass is 10.2. The molecular weight excluding hydrogens is 280 g/mol. The summed E-state index contributed by atoms with van der Waals surface area (Å²) in [6.45, 7) is 8.71. The minimum atomic E-state index is -3.07. The van der Waals surface area contributed by atoms with Gasteiger partial charge in [-0.25, -0.2) is 8.42 Å². The Hall–Kier alpha value is -0.990. The van der Waals surface area contributed by atoms with Crippen molar-refractivity contribution in [3.63, 3.8) is 0 Å². The fourth-order valence-electron chi connectivity index (χ4n) is 2.10. The summed E-state index contributed by atoms with van der Waals surface area (Å²) in [5, 5.41) is 8.02. The van der Waals surface area contributed by atoms with Crippen LogP contribution in [0.2, 0.25) is 0 Å². The Morgan fingerprint density at radius 2 is 1.85 bits per heavy atom. The topological polar surface area (TPSA) is 79.5 Å². The second-order valence-electron chi connectivity index (χ2n) is 5.26. The molecule has 0 atom stereocenters. The highest BCUT2D eigenvalue weighted by molar-refractivity contribution is 7.89. The first kappa shape index (κ1) is 15.4. The van der Waals surface area contributed by atoms with Crippen LogP contribution < -0.4 is 0 Å². The summed E-state index contributed by atoms with van der Waals surface area (Å²) in [6, 6.07) is 0. The fourth-order valence-corrected chi connectivity index (χ4v) is 3.19. The predicted octanol–water partition coefficient (Wildman–Crippen LogP) is 0.660. The quantitative estimate of drug-likeness (QED) is 0.795. The monoisotopic (exact) mass is 302 g/mol. The van der Waals surface area contributed by atoms with Gasteiger partial charge in [0.15, 0.2) is 0 Å². The van der Waals surface area contributed by atoms with Crippen LogP contribution in [0.15, 0.2) is 4.42 Å². The van der Waals surface area contributed by atoms with E-state index in [0.717, 1.165) is 0 Å². The van der Waals surface area contributed by atoms with Crippen molar-refractivity contribution in [1.29, 1.82) is 0 Å². The highest BCUT2D eigenvalue weighted by Gasteiger charge is 2.26. The van der Waals surface area contributed by atoms with E-state index >= 15 is 0 Å². The van der Waals surface area contributed by atoms with Crippen LogP contribution in [0, 0.1) is 0 Å². The third-order valence-corrected chi connectivity index (χ3v) is 5.31. The normalized spacial score (nSPS) is 18.8. The van der Waals surface area contributed by atoms with Crippen molar-refractivity contribution in [3.8, 4) is 0 Å². The second-order valence-corrected chi connectivity index (χ2v) is 7.52. The molecule has 7 nitrogen and oxygen atoms in total. The van der Waals surface area contributed by atoms with Crippen LogP contribution >= 0.6 is 0 Å². The maximum absolute atomic E-state index is 11.8. The molecule has 2 rings (SSSR count). The van der Waals surface area contributed by atoms with Crippen molar-refractivity contribution in [3.05, 3.63) is 11.8 Å². The minimum absolute atomic E-state index is 0.161. The molecule has 0 aromatic carbocycles. The van der Waals surface area contributed by atoms with Crippen LogP contribution in [-0.2, 0) is 16.6 Å². The van der Waals surface area contributed by atoms with Gasteiger partial charge >= 0.3 is 0 Å². The lowest BCUT2D eigenvalue weighted by molar-refractivity contribution is 0.167. The molecule has 0 aliphatic carbocycles. The van der Waals surface area contributed by atoms with Crippen molar-refractivity contribution >= 4 is 10.0 Å². The van der Waals surface area contributed by atoms with Crippen LogP contribution in [0.4, 0.5) is 0 Å². The number of aromatic nitrogens is 2. The summed E-state index contributed by atoms with van der Waals surface area (Å²) in [7, 11) is -3.07. The van der Waals surface area contributed by atoms with Crippen molar-refractivity contribution in [2.45, 2.75) is 33.2 Å². The van der Waals surface area contributed by atoms with Crippen molar-refractivity contribution in [2.24, 2.45) is 0 Å². The van der Waals surface area contributed by atoms with Gasteiger partial charge in [-0.2, -0.15) is 4.31 Å². The van der Waals surface area contributed by atoms with E-state index < -0.39 is 10.0 Å². The van der Waals surface area contributed by atoms with Gasteiger partial charge in [-0.3, -0.25) is 4.90 Å². The van der Waals surface area contributed by atoms with Crippen molar-refractivity contribution in [2.75, 3.05) is 31.9 Å². The first-order chi connectivity index (χ1) is 9.42. The summed E-state index contributed by atoms with van der Waals surface area (Å²) in [5.41, 5.74) is 0. The van der Waals surface area contributed by atoms with E-state index in [1.165, 1.54) is 0 Å². The Kier molecular flexibility index (Phi) is 4.77. The number of piperazine rings is 1. The standard InChI is InChI=1S/C12H22N4O3S/c1-4-20(17,18)16-7-5-15(6-8-16)9-11-13-14-12(19-11)10(2)3/h10H,4-9H2,1-3H3. The summed E-state index contributed by atoms with van der Waals surface area (Å²) < 4.78 is 30.6. The summed E-state index contributed by atoms with van der Waals surface area (Å²) in [4.78, 5) is 2.14. The number of hydrogen-bond acceptors (Lipinski definition) is 6. The van der Waals surface area contributed by atoms with E-state index in [-0.39, 0.29) is 11.7 Å². The van der Waals surface area contributed by atoms with Gasteiger partial charge < -0.3 is 4.42 Å². The molecule has 0 amide bonds. The van der Waals surface area contributed by atoms with Gasteiger partial charge in [-0.1, -0.05) is 13.8 Å². The maximum Gasteiger partial charge on any atom is 0.230 e. The average Bonchev–Trinajstić information content (AvgIpc) is 2.88. The largest absolute Gasteiger partial charge is 0.424 e. The fraction of sp³-hybridized carbons (Fsp3) is 0.833. The molecule has 114 valence electrons. The summed E-state index contributed by atoms with van der Waals surface area (Å²) in [6.07, 6.45) is 0. The van der Waals surface area contributed by atoms with Crippen LogP contribution in [-0.4, -0.2) is 59.8 Å². The number of nitrogens with zero attached hydrogens (tertiary/aromatic N) is 4. The Labute approximate surface area is 120 Å². The molecule has 1 aromatic heterocycles. The molecule has 0 bridgehead atoms. The zero-order chi connectivity index (χ0) is 14.8. The number of hydrogen-bond donors (Lipinski definition) is 0. The smallest absolute Gasteiger partial charge is 0.230 e. The van der Waals surface area contributed by atoms with Gasteiger partial charge in [0.25, 0.3) is 0 Å². The van der Waals surface area contributed by atoms with E-state index in [4.69, 9.17) is 4.42 Å². The maximum atomic E-state index is 11.8. The van der Waals surface area contributed by atoms with Gasteiger partial charge in [-0.15, -0.1) is 10.2 Å². The van der Waals surface area contributed by atoms with Gasteiger partial charge in [0.05, 0.1) is 12.3 Å². The predicted molar refractivity (Wildman–Crippen MR) is 74.7 cm³/mol. The zero-order valence-corrected chi connectivity index (χ0v) is 13.1. The second kappa shape index (κ2) is 6.19. The molecule has 0 unspecified atom stereocenters. The SMILES string of the molecule is CCS(=O)(=O)N1CCN(Cc2nnc(C(C)C)o2)CC1. The Morgan fingerprint density at radius 3 is 2.35 bits per heavy atom. The first-order valence-corrected chi connectivity index (χ1v) is 8.55. The Morgan fingerprint density at radius 1 is 1.20 bits per heavy atom. The Bertz CT molecular complexity index is 533. The van der Waals surface area contributed by atoms with E-state index in [2.05, 4.69) is 15.1 Å². The molecule has 8 heteroatoms. The number of rotatable bonds is 5. The molecule has 1 aliphatic heterocycles. The lowest BCUT2D eigenvalue weighted by Crippen LogP contribution is -2.48. The molecule has 20 heavy (non-hydrogen) atoms. The van der Waals surface area contributed by atoms with Crippen LogP contribution in [0.1, 0.15) is 38.5 Å². The van der Waals surface area contributed by atoms with Gasteiger partial charge in [0.2, 0.25) is 21.8 Å². The lowest BCUT2D eigenvalue weighted by Gasteiger charge is -2.32. The molecule has 1 aromatic rings. The Balaban J connectivity index is 1.88. The van der Waals surface area contributed by atoms with Crippen LogP contribution in [0.25, 0.3) is 0 Å². The molecule has 0 radical (unpaired) electrons. The highest BCUT2D eigenvalue weighted by atomic mass is 32.2. The average molecular weight is 302 g/mol. The molecule has 2 heterocycles. The molecule has 0 saturated carbocycles. The van der Waals surface area contributed by atoms with Crippen molar-refractivity contribution < 1.29 is 12.8 Å².